The van der Waals surface area contributed by atoms with Crippen LogP contribution in [0.4, 0.5) is 5.69 Å². The monoisotopic (exact) mass is 392 g/mol. The number of aromatic amines is 1. The maximum atomic E-state index is 13.0. The molecule has 0 radical (unpaired) electrons. The van der Waals surface area contributed by atoms with Crippen molar-refractivity contribution in [3.63, 3.8) is 0 Å². The average Bonchev–Trinajstić information content (AvgIpc) is 3.23. The molecule has 136 valence electrons. The van der Waals surface area contributed by atoms with E-state index in [-0.39, 0.29) is 10.8 Å². The Hall–Kier alpha value is -2.32. The number of aryl methyl sites for hydroxylation is 2. The molecule has 26 heavy (non-hydrogen) atoms. The topological polar surface area (TPSA) is 101 Å². The second kappa shape index (κ2) is 6.14. The third-order valence-corrected chi connectivity index (χ3v) is 6.07. The van der Waals surface area contributed by atoms with Gasteiger partial charge in [-0.15, -0.1) is 10.2 Å². The van der Waals surface area contributed by atoms with Gasteiger partial charge in [-0.25, -0.2) is 8.42 Å². The first-order chi connectivity index (χ1) is 12.3. The number of benzene rings is 1. The molecule has 1 aliphatic carbocycles. The Balaban J connectivity index is 1.76. The second-order valence-electron chi connectivity index (χ2n) is 6.41. The SMILES string of the molecule is Cc1[nH]c(C)c(S(=O)(=O)Nc2ccc(Cl)cc2)c1-c1nnc(C2CC2)o1. The molecule has 0 spiro atoms. The molecular formula is C17H17ClN4O3S. The standard InChI is InChI=1S/C17H17ClN4O3S/c1-9-14(17-21-20-16(25-17)11-3-4-11)15(10(2)19-9)26(23,24)22-13-7-5-12(18)6-8-13/h5-8,11,19,22H,3-4H2,1-2H3. The molecular weight excluding hydrogens is 376 g/mol. The van der Waals surface area contributed by atoms with Crippen molar-refractivity contribution < 1.29 is 12.8 Å². The van der Waals surface area contributed by atoms with Gasteiger partial charge < -0.3 is 9.40 Å². The number of sulfonamides is 1. The minimum absolute atomic E-state index is 0.107. The lowest BCUT2D eigenvalue weighted by molar-refractivity contribution is 0.507. The molecule has 2 N–H and O–H groups in total. The van der Waals surface area contributed by atoms with Crippen LogP contribution in [-0.2, 0) is 10.0 Å². The third-order valence-electron chi connectivity index (χ3n) is 4.26. The minimum atomic E-state index is -3.86. The number of nitrogens with zero attached hydrogens (tertiary/aromatic N) is 2. The van der Waals surface area contributed by atoms with Crippen molar-refractivity contribution in [1.29, 1.82) is 0 Å². The number of aromatic nitrogens is 3. The molecule has 3 aromatic rings. The zero-order valence-corrected chi connectivity index (χ0v) is 15.8. The molecule has 4 rings (SSSR count). The van der Waals surface area contributed by atoms with Crippen molar-refractivity contribution in [2.75, 3.05) is 4.72 Å². The summed E-state index contributed by atoms with van der Waals surface area (Å²) in [5.41, 5.74) is 1.99. The molecule has 0 atom stereocenters. The summed E-state index contributed by atoms with van der Waals surface area (Å²) < 4.78 is 34.3. The lowest BCUT2D eigenvalue weighted by Gasteiger charge is -2.09. The first-order valence-corrected chi connectivity index (χ1v) is 10.0. The van der Waals surface area contributed by atoms with Crippen LogP contribution < -0.4 is 4.72 Å². The van der Waals surface area contributed by atoms with Gasteiger partial charge in [-0.3, -0.25) is 4.72 Å². The number of rotatable bonds is 5. The Labute approximate surface area is 155 Å². The molecule has 2 heterocycles. The number of nitrogens with one attached hydrogen (secondary N) is 2. The Morgan fingerprint density at radius 2 is 1.85 bits per heavy atom. The van der Waals surface area contributed by atoms with E-state index in [4.69, 9.17) is 16.0 Å². The maximum absolute atomic E-state index is 13.0. The lowest BCUT2D eigenvalue weighted by Crippen LogP contribution is -2.14. The summed E-state index contributed by atoms with van der Waals surface area (Å²) >= 11 is 5.86. The number of halogens is 1. The summed E-state index contributed by atoms with van der Waals surface area (Å²) in [6, 6.07) is 6.45. The van der Waals surface area contributed by atoms with Gasteiger partial charge >= 0.3 is 0 Å². The average molecular weight is 393 g/mol. The first-order valence-electron chi connectivity index (χ1n) is 8.16. The summed E-state index contributed by atoms with van der Waals surface area (Å²) in [7, 11) is -3.86. The Kier molecular flexibility index (Phi) is 4.04. The van der Waals surface area contributed by atoms with Gasteiger partial charge in [0.1, 0.15) is 4.90 Å². The Bertz CT molecular complexity index is 1070. The Morgan fingerprint density at radius 3 is 2.50 bits per heavy atom. The second-order valence-corrected chi connectivity index (χ2v) is 8.47. The van der Waals surface area contributed by atoms with Crippen LogP contribution in [0.15, 0.2) is 33.6 Å². The molecule has 0 aliphatic heterocycles. The molecule has 0 amide bonds. The van der Waals surface area contributed by atoms with Gasteiger partial charge in [0.15, 0.2) is 0 Å². The molecule has 1 saturated carbocycles. The molecule has 0 unspecified atom stereocenters. The first kappa shape index (κ1) is 17.1. The highest BCUT2D eigenvalue weighted by Gasteiger charge is 2.33. The van der Waals surface area contributed by atoms with Crippen LogP contribution in [0.2, 0.25) is 5.02 Å². The highest BCUT2D eigenvalue weighted by atomic mass is 35.5. The van der Waals surface area contributed by atoms with Gasteiger partial charge in [0, 0.05) is 28.0 Å². The largest absolute Gasteiger partial charge is 0.420 e. The molecule has 7 nitrogen and oxygen atoms in total. The molecule has 0 saturated heterocycles. The predicted octanol–water partition coefficient (Wildman–Crippen LogP) is 4.01. The van der Waals surface area contributed by atoms with Crippen molar-refractivity contribution in [2.24, 2.45) is 0 Å². The molecule has 0 bridgehead atoms. The van der Waals surface area contributed by atoms with E-state index < -0.39 is 10.0 Å². The van der Waals surface area contributed by atoms with Crippen LogP contribution in [0.25, 0.3) is 11.5 Å². The van der Waals surface area contributed by atoms with Gasteiger partial charge in [0.05, 0.1) is 5.56 Å². The van der Waals surface area contributed by atoms with Gasteiger partial charge in [0.2, 0.25) is 5.89 Å². The fourth-order valence-corrected chi connectivity index (χ4v) is 4.54. The molecule has 1 aromatic carbocycles. The van der Waals surface area contributed by atoms with Gasteiger partial charge in [-0.2, -0.15) is 0 Å². The van der Waals surface area contributed by atoms with Gasteiger partial charge in [-0.05, 0) is 51.0 Å². The Morgan fingerprint density at radius 1 is 1.15 bits per heavy atom. The van der Waals surface area contributed by atoms with E-state index in [0.29, 0.717) is 39.5 Å². The van der Waals surface area contributed by atoms with Crippen molar-refractivity contribution >= 4 is 27.3 Å². The number of hydrogen-bond acceptors (Lipinski definition) is 5. The smallest absolute Gasteiger partial charge is 0.264 e. The van der Waals surface area contributed by atoms with E-state index in [2.05, 4.69) is 19.9 Å². The fraction of sp³-hybridized carbons (Fsp3) is 0.294. The van der Waals surface area contributed by atoms with Gasteiger partial charge in [-0.1, -0.05) is 11.6 Å². The van der Waals surface area contributed by atoms with Crippen LogP contribution in [0.5, 0.6) is 0 Å². The summed E-state index contributed by atoms with van der Waals surface area (Å²) in [6.07, 6.45) is 2.05. The molecule has 1 aliphatic rings. The normalized spacial score (nSPS) is 14.6. The molecule has 2 aromatic heterocycles. The van der Waals surface area contributed by atoms with Crippen LogP contribution in [0.3, 0.4) is 0 Å². The minimum Gasteiger partial charge on any atom is -0.420 e. The van der Waals surface area contributed by atoms with E-state index >= 15 is 0 Å². The predicted molar refractivity (Wildman–Crippen MR) is 97.8 cm³/mol. The van der Waals surface area contributed by atoms with Gasteiger partial charge in [0.25, 0.3) is 15.9 Å². The summed E-state index contributed by atoms with van der Waals surface area (Å²) in [4.78, 5) is 3.17. The van der Waals surface area contributed by atoms with Crippen LogP contribution in [0, 0.1) is 13.8 Å². The van der Waals surface area contributed by atoms with E-state index in [1.165, 1.54) is 0 Å². The summed E-state index contributed by atoms with van der Waals surface area (Å²) in [5.74, 6) is 1.07. The number of anilines is 1. The maximum Gasteiger partial charge on any atom is 0.264 e. The van der Waals surface area contributed by atoms with Crippen LogP contribution >= 0.6 is 11.6 Å². The lowest BCUT2D eigenvalue weighted by atomic mass is 10.2. The fourth-order valence-electron chi connectivity index (χ4n) is 2.91. The van der Waals surface area contributed by atoms with Crippen molar-refractivity contribution in [3.8, 4) is 11.5 Å². The number of hydrogen-bond donors (Lipinski definition) is 2. The van der Waals surface area contributed by atoms with Crippen molar-refractivity contribution in [2.45, 2.75) is 37.5 Å². The zero-order chi connectivity index (χ0) is 18.5. The summed E-state index contributed by atoms with van der Waals surface area (Å²) in [5, 5.41) is 8.66. The van der Waals surface area contributed by atoms with E-state index in [0.717, 1.165) is 12.8 Å². The highest BCUT2D eigenvalue weighted by molar-refractivity contribution is 7.93. The van der Waals surface area contributed by atoms with E-state index in [1.807, 2.05) is 0 Å². The molecule has 9 heteroatoms. The van der Waals surface area contributed by atoms with Crippen molar-refractivity contribution in [3.05, 3.63) is 46.6 Å². The highest BCUT2D eigenvalue weighted by Crippen LogP contribution is 2.41. The van der Waals surface area contributed by atoms with Crippen LogP contribution in [0.1, 0.15) is 36.0 Å². The van der Waals surface area contributed by atoms with E-state index in [9.17, 15) is 8.42 Å². The van der Waals surface area contributed by atoms with E-state index in [1.54, 1.807) is 38.1 Å². The third kappa shape index (κ3) is 3.10. The zero-order valence-electron chi connectivity index (χ0n) is 14.2. The quantitative estimate of drug-likeness (QED) is 0.683. The molecule has 1 fully saturated rings. The number of H-pyrrole nitrogens is 1. The van der Waals surface area contributed by atoms with Crippen LogP contribution in [-0.4, -0.2) is 23.6 Å². The van der Waals surface area contributed by atoms with Crippen molar-refractivity contribution in [1.82, 2.24) is 15.2 Å². The summed E-state index contributed by atoms with van der Waals surface area (Å²) in [6.45, 7) is 3.48.